The van der Waals surface area contributed by atoms with E-state index in [-0.39, 0.29) is 63.5 Å². The van der Waals surface area contributed by atoms with Gasteiger partial charge in [0.2, 0.25) is 6.71 Å². The number of aromatic nitrogens is 1. The third-order valence-corrected chi connectivity index (χ3v) is 20.0. The summed E-state index contributed by atoms with van der Waals surface area (Å²) in [6, 6.07) is 72.6. The van der Waals surface area contributed by atoms with Gasteiger partial charge in [-0.15, -0.1) is 0 Å². The van der Waals surface area contributed by atoms with Gasteiger partial charge < -0.3 is 14.2 Å². The van der Waals surface area contributed by atoms with E-state index in [1.807, 2.05) is 12.1 Å². The molecule has 0 fully saturated rings. The van der Waals surface area contributed by atoms with Crippen molar-refractivity contribution < 1.29 is 11.6 Å². The minimum absolute atomic E-state index is 0.0932. The first kappa shape index (κ1) is 52.6. The molecule has 0 aliphatic carbocycles. The van der Waals surface area contributed by atoms with Crippen LogP contribution < -0.4 is 26.0 Å². The number of ether oxygens (including phenoxy) is 1. The Balaban J connectivity index is 1.14. The van der Waals surface area contributed by atoms with Gasteiger partial charge in [-0.25, -0.2) is 0 Å². The highest BCUT2D eigenvalue weighted by Gasteiger charge is 2.55. The molecule has 15 rings (SSSR count). The van der Waals surface area contributed by atoms with Crippen LogP contribution in [0.15, 0.2) is 230 Å². The van der Waals surface area contributed by atoms with Crippen molar-refractivity contribution in [2.75, 3.05) is 4.90 Å². The van der Waals surface area contributed by atoms with Crippen molar-refractivity contribution in [3.63, 3.8) is 0 Å². The van der Waals surface area contributed by atoms with E-state index in [2.05, 4.69) is 301 Å². The van der Waals surface area contributed by atoms with Gasteiger partial charge in [0.25, 0.3) is 0 Å². The maximum Gasteiger partial charge on any atom is 0.247 e. The van der Waals surface area contributed by atoms with E-state index in [0.717, 1.165) is 94.7 Å². The van der Waals surface area contributed by atoms with E-state index in [1.54, 1.807) is 0 Å². The molecule has 4 heteroatoms. The number of hydrogen-bond acceptors (Lipinski definition) is 2. The van der Waals surface area contributed by atoms with E-state index < -0.39 is 11.5 Å². The van der Waals surface area contributed by atoms with Gasteiger partial charge in [-0.05, 0) is 184 Å². The van der Waals surface area contributed by atoms with Gasteiger partial charge in [0, 0.05) is 44.5 Å². The number of hydrogen-bond donors (Lipinski definition) is 0. The monoisotopic (exact) mass is 1190 g/mol. The minimum atomic E-state index is -1.14. The maximum absolute atomic E-state index is 9.91. The molecule has 12 aromatic rings. The summed E-state index contributed by atoms with van der Waals surface area (Å²) < 4.78 is 57.1. The maximum atomic E-state index is 9.91. The number of fused-ring (bicyclic) bond motifs is 13. The lowest BCUT2D eigenvalue weighted by Gasteiger charge is -2.50. The molecule has 0 bridgehead atoms. The highest BCUT2D eigenvalue weighted by atomic mass is 16.5. The van der Waals surface area contributed by atoms with Crippen LogP contribution in [-0.4, -0.2) is 11.3 Å². The van der Waals surface area contributed by atoms with E-state index in [0.29, 0.717) is 17.1 Å². The molecule has 4 heterocycles. The molecule has 3 nitrogen and oxygen atoms in total. The predicted octanol–water partition coefficient (Wildman–Crippen LogP) is 21.4. The summed E-state index contributed by atoms with van der Waals surface area (Å²) in [6.07, 6.45) is 0. The second-order valence-electron chi connectivity index (χ2n) is 31.1. The molecule has 3 aliphatic heterocycles. The Labute approximate surface area is 547 Å². The lowest BCUT2D eigenvalue weighted by molar-refractivity contribution is 0.435. The minimum Gasteiger partial charge on any atom is -0.457 e. The van der Waals surface area contributed by atoms with Crippen molar-refractivity contribution in [3.8, 4) is 50.6 Å². The molecule has 11 aromatic carbocycles. The number of benzene rings is 11. The van der Waals surface area contributed by atoms with Crippen LogP contribution in [0.2, 0.25) is 0 Å². The molecule has 91 heavy (non-hydrogen) atoms. The molecule has 0 N–H and O–H groups in total. The fraction of sp³-hybridized carbons (Fsp3) is 0.241. The third kappa shape index (κ3) is 9.36. The van der Waals surface area contributed by atoms with Crippen molar-refractivity contribution in [3.05, 3.63) is 280 Å². The Morgan fingerprint density at radius 2 is 0.879 bits per heavy atom. The van der Waals surface area contributed by atoms with Crippen LogP contribution in [-0.2, 0) is 32.5 Å². The fourth-order valence-corrected chi connectivity index (χ4v) is 14.9. The molecule has 0 saturated carbocycles. The average molecular weight is 1190 g/mol. The molecule has 0 saturated heterocycles. The number of rotatable bonds is 5. The zero-order valence-corrected chi connectivity index (χ0v) is 55.4. The number of para-hydroxylation sites is 2. The first-order valence-corrected chi connectivity index (χ1v) is 32.5. The van der Waals surface area contributed by atoms with Gasteiger partial charge in [0.1, 0.15) is 11.5 Å². The van der Waals surface area contributed by atoms with Crippen LogP contribution in [0.5, 0.6) is 11.5 Å². The van der Waals surface area contributed by atoms with E-state index in [1.165, 1.54) is 38.6 Å². The summed E-state index contributed by atoms with van der Waals surface area (Å²) in [7, 11) is 0. The zero-order valence-electron chi connectivity index (χ0n) is 60.4. The van der Waals surface area contributed by atoms with Crippen LogP contribution in [0.4, 0.5) is 17.1 Å². The second kappa shape index (κ2) is 20.4. The summed E-state index contributed by atoms with van der Waals surface area (Å²) in [5.41, 5.74) is 22.5. The van der Waals surface area contributed by atoms with Crippen LogP contribution >= 0.6 is 0 Å². The smallest absolute Gasteiger partial charge is 0.247 e. The van der Waals surface area contributed by atoms with Gasteiger partial charge in [-0.3, -0.25) is 0 Å². The van der Waals surface area contributed by atoms with Crippen LogP contribution in [0.1, 0.15) is 161 Å². The Kier molecular flexibility index (Phi) is 11.8. The van der Waals surface area contributed by atoms with Gasteiger partial charge >= 0.3 is 0 Å². The largest absolute Gasteiger partial charge is 0.457 e. The van der Waals surface area contributed by atoms with Crippen LogP contribution in [0.25, 0.3) is 60.9 Å². The van der Waals surface area contributed by atoms with Crippen molar-refractivity contribution in [2.24, 2.45) is 0 Å². The van der Waals surface area contributed by atoms with Gasteiger partial charge in [-0.2, -0.15) is 0 Å². The van der Waals surface area contributed by atoms with Crippen molar-refractivity contribution >= 4 is 62.0 Å². The Bertz CT molecular complexity index is 5080. The molecular formula is C87H83BN2O. The standard InChI is InChI=1S/C87H83BN2O/c1-82(2,3)59-35-41-74(65(50-59)55-28-20-17-21-29-55)90-77-47-56(57-44-62(85(10,11)12)49-63(45-57)86(13,14)15)34-39-73(77)88-72-40-38-64(89-75-42-36-60(83(4,5)6)51-66(75)67-52-61(84(7,8)9)37-43-76(67)89)53-70(72)87(68-30-22-24-32-79(68)91-80-33-25-23-31-69(80)87)71-46-58(48-78(90)81(71)88)54-26-18-16-19-27-54/h16-53H,1-15H3/i16D,18D,19D,26D,27D. The van der Waals surface area contributed by atoms with Gasteiger partial charge in [0.05, 0.1) is 29.0 Å². The SMILES string of the molecule is [2H]c1c([2H])c([2H])c(-c2cc3c4c(c2)C2(c5ccccc5Oc5ccccc52)c2cc(-n5c6ccc(C(C)(C)C)cc6c6cc(C(C)(C)C)ccc65)ccc2B4c2ccc(-c4cc(C(C)(C)C)cc(C(C)(C)C)c4)cc2N3c2ccc(C(C)(C)C)cc2-c2ccccc2)c([2H])c1[2H]. The summed E-state index contributed by atoms with van der Waals surface area (Å²) in [4.78, 5) is 2.46. The van der Waals surface area contributed by atoms with Gasteiger partial charge in [0.15, 0.2) is 0 Å². The van der Waals surface area contributed by atoms with Gasteiger partial charge in [-0.1, -0.05) is 261 Å². The van der Waals surface area contributed by atoms with Crippen LogP contribution in [0.3, 0.4) is 0 Å². The summed E-state index contributed by atoms with van der Waals surface area (Å²) in [5.74, 6) is 1.42. The first-order valence-electron chi connectivity index (χ1n) is 35.0. The van der Waals surface area contributed by atoms with E-state index in [9.17, 15) is 5.48 Å². The summed E-state index contributed by atoms with van der Waals surface area (Å²) in [5, 5.41) is 2.39. The lowest BCUT2D eigenvalue weighted by atomic mass is 9.29. The van der Waals surface area contributed by atoms with Crippen LogP contribution in [0, 0.1) is 0 Å². The molecule has 1 aromatic heterocycles. The highest BCUT2D eigenvalue weighted by Crippen LogP contribution is 2.59. The Hall–Kier alpha value is -9.12. The van der Waals surface area contributed by atoms with Crippen molar-refractivity contribution in [1.82, 2.24) is 4.57 Å². The van der Waals surface area contributed by atoms with Crippen molar-refractivity contribution in [2.45, 2.75) is 136 Å². The molecule has 0 amide bonds. The van der Waals surface area contributed by atoms with E-state index >= 15 is 0 Å². The molecule has 1 spiro atoms. The topological polar surface area (TPSA) is 17.4 Å². The van der Waals surface area contributed by atoms with Crippen molar-refractivity contribution in [1.29, 1.82) is 0 Å². The normalized spacial score (nSPS) is 15.0. The lowest BCUT2D eigenvalue weighted by Crippen LogP contribution is -2.65. The molecule has 450 valence electrons. The predicted molar refractivity (Wildman–Crippen MR) is 388 cm³/mol. The molecule has 3 aliphatic rings. The average Bonchev–Trinajstić information content (AvgIpc) is 0.711. The highest BCUT2D eigenvalue weighted by molar-refractivity contribution is 6.99. The molecule has 0 unspecified atom stereocenters. The summed E-state index contributed by atoms with van der Waals surface area (Å²) >= 11 is 0. The number of nitrogens with zero attached hydrogens (tertiary/aromatic N) is 2. The number of anilines is 3. The molecule has 0 radical (unpaired) electrons. The molecular weight excluding hydrogens is 1100 g/mol. The second-order valence-corrected chi connectivity index (χ2v) is 31.1. The third-order valence-electron chi connectivity index (χ3n) is 20.0. The Morgan fingerprint density at radius 3 is 1.46 bits per heavy atom. The zero-order chi connectivity index (χ0) is 67.8. The quantitative estimate of drug-likeness (QED) is 0.160. The Morgan fingerprint density at radius 1 is 0.363 bits per heavy atom. The fourth-order valence-electron chi connectivity index (χ4n) is 14.9. The first-order chi connectivity index (χ1) is 45.3. The summed E-state index contributed by atoms with van der Waals surface area (Å²) in [6.45, 7) is 33.9. The molecule has 0 atom stereocenters. The van der Waals surface area contributed by atoms with E-state index in [4.69, 9.17) is 6.11 Å².